The van der Waals surface area contributed by atoms with Gasteiger partial charge in [0.1, 0.15) is 5.75 Å². The molecule has 1 heterocycles. The Morgan fingerprint density at radius 3 is 3.00 bits per heavy atom. The maximum absolute atomic E-state index is 9.79. The van der Waals surface area contributed by atoms with Gasteiger partial charge in [-0.05, 0) is 44.6 Å². The van der Waals surface area contributed by atoms with Crippen LogP contribution in [0, 0.1) is 0 Å². The highest BCUT2D eigenvalue weighted by atomic mass is 35.5. The molecule has 4 heteroatoms. The maximum Gasteiger partial charge on any atom is 0.120 e. The van der Waals surface area contributed by atoms with E-state index in [0.717, 1.165) is 25.2 Å². The number of nitrogens with zero attached hydrogens (tertiary/aromatic N) is 1. The van der Waals surface area contributed by atoms with Gasteiger partial charge in [0.15, 0.2) is 0 Å². The quantitative estimate of drug-likeness (QED) is 0.881. The van der Waals surface area contributed by atoms with Crippen LogP contribution in [0.15, 0.2) is 18.2 Å². The summed E-state index contributed by atoms with van der Waals surface area (Å²) in [6.07, 6.45) is 3.84. The Balaban J connectivity index is 1.89. The predicted octanol–water partition coefficient (Wildman–Crippen LogP) is 2.62. The van der Waals surface area contributed by atoms with E-state index in [-0.39, 0.29) is 0 Å². The van der Waals surface area contributed by atoms with Crippen LogP contribution < -0.4 is 5.32 Å². The number of likely N-dealkylation sites (N-methyl/N-ethyl adjacent to an activating group) is 1. The number of nitrogens with one attached hydrogen (secondary N) is 1. The summed E-state index contributed by atoms with van der Waals surface area (Å²) in [4.78, 5) is 2.23. The second kappa shape index (κ2) is 6.41. The van der Waals surface area contributed by atoms with Gasteiger partial charge in [0.25, 0.3) is 0 Å². The van der Waals surface area contributed by atoms with Crippen LogP contribution in [0.2, 0.25) is 5.02 Å². The molecular formula is C14H21ClN2O. The largest absolute Gasteiger partial charge is 0.508 e. The molecule has 0 amide bonds. The molecule has 0 aliphatic carbocycles. The summed E-state index contributed by atoms with van der Waals surface area (Å²) in [5, 5.41) is 14.0. The Bertz CT molecular complexity index is 391. The summed E-state index contributed by atoms with van der Waals surface area (Å²) >= 11 is 5.95. The van der Waals surface area contributed by atoms with E-state index >= 15 is 0 Å². The van der Waals surface area contributed by atoms with Crippen molar-refractivity contribution in [3.63, 3.8) is 0 Å². The van der Waals surface area contributed by atoms with Crippen molar-refractivity contribution < 1.29 is 5.11 Å². The molecule has 1 atom stereocenters. The highest BCUT2D eigenvalue weighted by Gasteiger charge is 2.15. The van der Waals surface area contributed by atoms with Gasteiger partial charge in [-0.3, -0.25) is 0 Å². The highest BCUT2D eigenvalue weighted by Crippen LogP contribution is 2.22. The first-order chi connectivity index (χ1) is 8.65. The number of phenolic OH excluding ortho intramolecular Hbond substituents is 1. The molecule has 0 bridgehead atoms. The number of benzene rings is 1. The summed E-state index contributed by atoms with van der Waals surface area (Å²) in [7, 11) is 2.08. The Morgan fingerprint density at radius 2 is 2.28 bits per heavy atom. The highest BCUT2D eigenvalue weighted by molar-refractivity contribution is 6.30. The lowest BCUT2D eigenvalue weighted by Crippen LogP contribution is -2.42. The topological polar surface area (TPSA) is 35.5 Å². The Hall–Kier alpha value is -0.770. The first-order valence-corrected chi connectivity index (χ1v) is 6.92. The minimum Gasteiger partial charge on any atom is -0.508 e. The number of piperidine rings is 1. The molecule has 2 N–H and O–H groups in total. The van der Waals surface area contributed by atoms with E-state index in [1.54, 1.807) is 12.1 Å². The van der Waals surface area contributed by atoms with Crippen molar-refractivity contribution in [2.24, 2.45) is 0 Å². The first kappa shape index (κ1) is 13.7. The van der Waals surface area contributed by atoms with Gasteiger partial charge >= 0.3 is 0 Å². The van der Waals surface area contributed by atoms with Gasteiger partial charge in [-0.1, -0.05) is 18.0 Å². The summed E-state index contributed by atoms with van der Waals surface area (Å²) in [6, 6.07) is 5.78. The zero-order valence-corrected chi connectivity index (χ0v) is 11.6. The third-order valence-electron chi connectivity index (χ3n) is 3.43. The Kier molecular flexibility index (Phi) is 4.87. The van der Waals surface area contributed by atoms with E-state index < -0.39 is 0 Å². The molecule has 0 saturated carbocycles. The van der Waals surface area contributed by atoms with Crippen molar-refractivity contribution in [1.29, 1.82) is 0 Å². The maximum atomic E-state index is 9.79. The van der Waals surface area contributed by atoms with Gasteiger partial charge < -0.3 is 15.3 Å². The second-order valence-corrected chi connectivity index (χ2v) is 5.55. The fraction of sp³-hybridized carbons (Fsp3) is 0.571. The van der Waals surface area contributed by atoms with Crippen LogP contribution in [-0.4, -0.2) is 36.2 Å². The minimum absolute atomic E-state index is 0.322. The van der Waals surface area contributed by atoms with E-state index in [1.165, 1.54) is 19.3 Å². The summed E-state index contributed by atoms with van der Waals surface area (Å²) in [5.74, 6) is 0.322. The number of phenols is 1. The molecule has 0 aromatic heterocycles. The normalized spacial score (nSPS) is 20.3. The second-order valence-electron chi connectivity index (χ2n) is 5.12. The molecule has 1 unspecified atom stereocenters. The molecule has 2 rings (SSSR count). The summed E-state index contributed by atoms with van der Waals surface area (Å²) < 4.78 is 0. The van der Waals surface area contributed by atoms with Crippen LogP contribution in [0.25, 0.3) is 0 Å². The van der Waals surface area contributed by atoms with Crippen molar-refractivity contribution in [1.82, 2.24) is 10.2 Å². The molecule has 0 spiro atoms. The number of aromatic hydroxyl groups is 1. The molecular weight excluding hydrogens is 248 g/mol. The van der Waals surface area contributed by atoms with Gasteiger partial charge in [0, 0.05) is 29.7 Å². The lowest BCUT2D eigenvalue weighted by atomic mass is 10.0. The SMILES string of the molecule is CN(Cc1cc(Cl)ccc1O)CC1CCCCN1. The molecule has 100 valence electrons. The van der Waals surface area contributed by atoms with Crippen molar-refractivity contribution in [3.8, 4) is 5.75 Å². The third-order valence-corrected chi connectivity index (χ3v) is 3.66. The third kappa shape index (κ3) is 3.87. The Labute approximate surface area is 114 Å². The van der Waals surface area contributed by atoms with E-state index in [0.29, 0.717) is 16.8 Å². The van der Waals surface area contributed by atoms with Gasteiger partial charge in [0.05, 0.1) is 0 Å². The van der Waals surface area contributed by atoms with Gasteiger partial charge in [-0.15, -0.1) is 0 Å². The van der Waals surface area contributed by atoms with Crippen molar-refractivity contribution in [2.45, 2.75) is 31.8 Å². The Morgan fingerprint density at radius 1 is 1.44 bits per heavy atom. The van der Waals surface area contributed by atoms with E-state index in [2.05, 4.69) is 17.3 Å². The fourth-order valence-electron chi connectivity index (χ4n) is 2.49. The lowest BCUT2D eigenvalue weighted by Gasteiger charge is -2.28. The zero-order chi connectivity index (χ0) is 13.0. The van der Waals surface area contributed by atoms with E-state index in [4.69, 9.17) is 11.6 Å². The molecule has 1 aliphatic heterocycles. The van der Waals surface area contributed by atoms with Crippen molar-refractivity contribution in [2.75, 3.05) is 20.1 Å². The van der Waals surface area contributed by atoms with Crippen LogP contribution in [0.1, 0.15) is 24.8 Å². The van der Waals surface area contributed by atoms with Gasteiger partial charge in [-0.25, -0.2) is 0 Å². The molecule has 1 aromatic rings. The monoisotopic (exact) mass is 268 g/mol. The van der Waals surface area contributed by atoms with Crippen LogP contribution >= 0.6 is 11.6 Å². The molecule has 1 aliphatic rings. The first-order valence-electron chi connectivity index (χ1n) is 6.54. The van der Waals surface area contributed by atoms with Crippen molar-refractivity contribution in [3.05, 3.63) is 28.8 Å². The minimum atomic E-state index is 0.322. The molecule has 3 nitrogen and oxygen atoms in total. The average molecular weight is 269 g/mol. The van der Waals surface area contributed by atoms with Gasteiger partial charge in [-0.2, -0.15) is 0 Å². The molecule has 18 heavy (non-hydrogen) atoms. The van der Waals surface area contributed by atoms with Crippen LogP contribution in [0.3, 0.4) is 0 Å². The number of halogens is 1. The molecule has 0 radical (unpaired) electrons. The fourth-order valence-corrected chi connectivity index (χ4v) is 2.69. The molecule has 1 aromatic carbocycles. The zero-order valence-electron chi connectivity index (χ0n) is 10.8. The molecule has 1 fully saturated rings. The summed E-state index contributed by atoms with van der Waals surface area (Å²) in [5.41, 5.74) is 0.890. The smallest absolute Gasteiger partial charge is 0.120 e. The van der Waals surface area contributed by atoms with Crippen LogP contribution in [0.4, 0.5) is 0 Å². The van der Waals surface area contributed by atoms with Crippen LogP contribution in [0.5, 0.6) is 5.75 Å². The lowest BCUT2D eigenvalue weighted by molar-refractivity contribution is 0.254. The van der Waals surface area contributed by atoms with E-state index in [9.17, 15) is 5.11 Å². The van der Waals surface area contributed by atoms with Gasteiger partial charge in [0.2, 0.25) is 0 Å². The standard InChI is InChI=1S/C14H21ClN2O/c1-17(10-13-4-2-3-7-16-13)9-11-8-12(15)5-6-14(11)18/h5-6,8,13,16,18H,2-4,7,9-10H2,1H3. The molecule has 1 saturated heterocycles. The average Bonchev–Trinajstić information content (AvgIpc) is 2.35. The number of rotatable bonds is 4. The number of hydrogen-bond acceptors (Lipinski definition) is 3. The summed E-state index contributed by atoms with van der Waals surface area (Å²) in [6.45, 7) is 2.86. The predicted molar refractivity (Wildman–Crippen MR) is 75.1 cm³/mol. The van der Waals surface area contributed by atoms with E-state index in [1.807, 2.05) is 6.07 Å². The number of hydrogen-bond donors (Lipinski definition) is 2. The van der Waals surface area contributed by atoms with Crippen molar-refractivity contribution >= 4 is 11.6 Å². The van der Waals surface area contributed by atoms with Crippen LogP contribution in [-0.2, 0) is 6.54 Å².